The van der Waals surface area contributed by atoms with Gasteiger partial charge in [-0.2, -0.15) is 0 Å². The molecule has 9 aromatic carbocycles. The molecule has 288 valence electrons. The van der Waals surface area contributed by atoms with Gasteiger partial charge < -0.3 is 4.90 Å². The first-order valence-electron chi connectivity index (χ1n) is 21.3. The van der Waals surface area contributed by atoms with Crippen molar-refractivity contribution in [2.75, 3.05) is 4.90 Å². The van der Waals surface area contributed by atoms with E-state index in [2.05, 4.69) is 245 Å². The lowest BCUT2D eigenvalue weighted by atomic mass is 9.67. The predicted molar refractivity (Wildman–Crippen MR) is 252 cm³/mol. The summed E-state index contributed by atoms with van der Waals surface area (Å²) in [5.74, 6) is 0. The molecule has 0 spiro atoms. The standard InChI is InChI=1S/C59H47N/c1-57(2,42-20-8-5-9-21-42)43-28-30-46(31-29-43)60(47-32-34-50-49-26-16-17-27-53(49)58(3,4)54(50)38-47)48-33-35-51-52-36-40-18-14-15-19-41(40)37-55(52)59(56(51)39-48,44-22-10-6-11-23-44)45-24-12-7-13-25-45/h5-39H,1-4H3. The van der Waals surface area contributed by atoms with Gasteiger partial charge in [0, 0.05) is 27.9 Å². The summed E-state index contributed by atoms with van der Waals surface area (Å²) in [7, 11) is 0. The minimum atomic E-state index is -0.538. The molecule has 0 N–H and O–H groups in total. The van der Waals surface area contributed by atoms with Crippen molar-refractivity contribution < 1.29 is 0 Å². The SMILES string of the molecule is CC(C)(c1ccccc1)c1ccc(N(c2ccc3c(c2)C(C)(C)c2ccccc2-3)c2ccc3c(c2)C(c2ccccc2)(c2ccccc2)c2cc4ccccc4cc2-3)cc1. The number of rotatable bonds is 7. The van der Waals surface area contributed by atoms with Gasteiger partial charge in [-0.25, -0.2) is 0 Å². The number of benzene rings is 9. The van der Waals surface area contributed by atoms with Crippen LogP contribution in [-0.2, 0) is 16.2 Å². The molecule has 9 aromatic rings. The van der Waals surface area contributed by atoms with Gasteiger partial charge in [-0.3, -0.25) is 0 Å². The maximum Gasteiger partial charge on any atom is 0.0714 e. The van der Waals surface area contributed by atoms with Gasteiger partial charge in [0.1, 0.15) is 0 Å². The third kappa shape index (κ3) is 5.32. The lowest BCUT2D eigenvalue weighted by Crippen LogP contribution is -2.28. The van der Waals surface area contributed by atoms with Gasteiger partial charge in [0.2, 0.25) is 0 Å². The van der Waals surface area contributed by atoms with Crippen LogP contribution in [0.25, 0.3) is 33.0 Å². The summed E-state index contributed by atoms with van der Waals surface area (Å²) in [6.07, 6.45) is 0. The zero-order valence-corrected chi connectivity index (χ0v) is 34.7. The second-order valence-corrected chi connectivity index (χ2v) is 17.7. The molecule has 0 bridgehead atoms. The third-order valence-electron chi connectivity index (χ3n) is 13.8. The van der Waals surface area contributed by atoms with Gasteiger partial charge in [-0.15, -0.1) is 0 Å². The molecule has 1 heteroatoms. The molecule has 2 aliphatic rings. The Hall–Kier alpha value is -6.96. The normalized spacial score (nSPS) is 14.3. The highest BCUT2D eigenvalue weighted by molar-refractivity contribution is 5.97. The van der Waals surface area contributed by atoms with Crippen molar-refractivity contribution in [3.05, 3.63) is 257 Å². The van der Waals surface area contributed by atoms with Crippen molar-refractivity contribution in [2.45, 2.75) is 43.9 Å². The second-order valence-electron chi connectivity index (χ2n) is 17.7. The van der Waals surface area contributed by atoms with Crippen molar-refractivity contribution in [3.8, 4) is 22.3 Å². The lowest BCUT2D eigenvalue weighted by Gasteiger charge is -2.35. The van der Waals surface area contributed by atoms with E-state index in [1.54, 1.807) is 0 Å². The fourth-order valence-corrected chi connectivity index (χ4v) is 10.6. The summed E-state index contributed by atoms with van der Waals surface area (Å²) in [6, 6.07) is 79.4. The first kappa shape index (κ1) is 36.1. The Morgan fingerprint density at radius 2 is 0.800 bits per heavy atom. The molecule has 11 rings (SSSR count). The molecule has 0 saturated heterocycles. The number of fused-ring (bicyclic) bond motifs is 7. The van der Waals surface area contributed by atoms with Crippen LogP contribution in [0.4, 0.5) is 17.1 Å². The number of nitrogens with zero attached hydrogens (tertiary/aromatic N) is 1. The molecule has 60 heavy (non-hydrogen) atoms. The maximum atomic E-state index is 2.49. The van der Waals surface area contributed by atoms with Gasteiger partial charge in [0.05, 0.1) is 5.41 Å². The van der Waals surface area contributed by atoms with Crippen LogP contribution >= 0.6 is 0 Å². The van der Waals surface area contributed by atoms with E-state index >= 15 is 0 Å². The maximum absolute atomic E-state index is 2.49. The molecular weight excluding hydrogens is 723 g/mol. The van der Waals surface area contributed by atoms with Gasteiger partial charge in [-0.05, 0) is 126 Å². The molecular formula is C59H47N. The highest BCUT2D eigenvalue weighted by Crippen LogP contribution is 2.58. The highest BCUT2D eigenvalue weighted by atomic mass is 15.1. The van der Waals surface area contributed by atoms with E-state index in [0.717, 1.165) is 17.1 Å². The summed E-state index contributed by atoms with van der Waals surface area (Å²) >= 11 is 0. The molecule has 2 aliphatic carbocycles. The largest absolute Gasteiger partial charge is 0.310 e. The summed E-state index contributed by atoms with van der Waals surface area (Å²) in [4.78, 5) is 2.49. The van der Waals surface area contributed by atoms with Crippen LogP contribution in [0.2, 0.25) is 0 Å². The van der Waals surface area contributed by atoms with Crippen molar-refractivity contribution >= 4 is 27.8 Å². The number of hydrogen-bond acceptors (Lipinski definition) is 1. The quantitative estimate of drug-likeness (QED) is 0.156. The van der Waals surface area contributed by atoms with Crippen LogP contribution in [0.15, 0.2) is 212 Å². The summed E-state index contributed by atoms with van der Waals surface area (Å²) < 4.78 is 0. The smallest absolute Gasteiger partial charge is 0.0714 e. The van der Waals surface area contributed by atoms with E-state index in [1.807, 2.05) is 0 Å². The Morgan fingerprint density at radius 3 is 1.43 bits per heavy atom. The number of anilines is 3. The Balaban J connectivity index is 1.16. The van der Waals surface area contributed by atoms with Crippen molar-refractivity contribution in [1.29, 1.82) is 0 Å². The Labute approximate surface area is 354 Å². The molecule has 0 atom stereocenters. The Kier molecular flexibility index (Phi) is 8.16. The van der Waals surface area contributed by atoms with Gasteiger partial charge >= 0.3 is 0 Å². The van der Waals surface area contributed by atoms with Crippen LogP contribution in [0.1, 0.15) is 72.2 Å². The van der Waals surface area contributed by atoms with E-state index in [-0.39, 0.29) is 10.8 Å². The van der Waals surface area contributed by atoms with Crippen LogP contribution in [0.5, 0.6) is 0 Å². The van der Waals surface area contributed by atoms with Crippen molar-refractivity contribution in [3.63, 3.8) is 0 Å². The Morgan fingerprint density at radius 1 is 0.350 bits per heavy atom. The van der Waals surface area contributed by atoms with E-state index in [1.165, 1.54) is 77.5 Å². The van der Waals surface area contributed by atoms with E-state index in [4.69, 9.17) is 0 Å². The van der Waals surface area contributed by atoms with Crippen LogP contribution in [0.3, 0.4) is 0 Å². The molecule has 0 amide bonds. The topological polar surface area (TPSA) is 3.24 Å². The molecule has 0 saturated carbocycles. The third-order valence-corrected chi connectivity index (χ3v) is 13.8. The molecule has 0 aromatic heterocycles. The first-order valence-corrected chi connectivity index (χ1v) is 21.3. The predicted octanol–water partition coefficient (Wildman–Crippen LogP) is 15.3. The zero-order chi connectivity index (χ0) is 40.6. The zero-order valence-electron chi connectivity index (χ0n) is 34.7. The first-order chi connectivity index (χ1) is 29.3. The second kappa shape index (κ2) is 13.5. The molecule has 0 unspecified atom stereocenters. The average Bonchev–Trinajstić information content (AvgIpc) is 3.71. The minimum absolute atomic E-state index is 0.130. The van der Waals surface area contributed by atoms with Crippen LogP contribution < -0.4 is 4.90 Å². The lowest BCUT2D eigenvalue weighted by molar-refractivity contribution is 0.641. The molecule has 0 heterocycles. The average molecular weight is 770 g/mol. The van der Waals surface area contributed by atoms with Crippen molar-refractivity contribution in [2.24, 2.45) is 0 Å². The fourth-order valence-electron chi connectivity index (χ4n) is 10.6. The monoisotopic (exact) mass is 769 g/mol. The summed E-state index contributed by atoms with van der Waals surface area (Å²) in [5, 5.41) is 2.51. The van der Waals surface area contributed by atoms with Gasteiger partial charge in [0.25, 0.3) is 0 Å². The Bertz CT molecular complexity index is 3030. The molecule has 0 fully saturated rings. The van der Waals surface area contributed by atoms with Gasteiger partial charge in [-0.1, -0.05) is 191 Å². The van der Waals surface area contributed by atoms with Gasteiger partial charge in [0.15, 0.2) is 0 Å². The van der Waals surface area contributed by atoms with E-state index in [0.29, 0.717) is 0 Å². The van der Waals surface area contributed by atoms with Crippen LogP contribution in [-0.4, -0.2) is 0 Å². The summed E-state index contributed by atoms with van der Waals surface area (Å²) in [5.41, 5.74) is 18.3. The number of hydrogen-bond donors (Lipinski definition) is 0. The highest BCUT2D eigenvalue weighted by Gasteiger charge is 2.47. The minimum Gasteiger partial charge on any atom is -0.310 e. The van der Waals surface area contributed by atoms with E-state index < -0.39 is 5.41 Å². The fraction of sp³-hybridized carbons (Fsp3) is 0.119. The molecule has 0 radical (unpaired) electrons. The summed E-state index contributed by atoms with van der Waals surface area (Å²) in [6.45, 7) is 9.39. The van der Waals surface area contributed by atoms with E-state index in [9.17, 15) is 0 Å². The molecule has 1 nitrogen and oxygen atoms in total. The van der Waals surface area contributed by atoms with Crippen LogP contribution in [0, 0.1) is 0 Å². The van der Waals surface area contributed by atoms with Crippen molar-refractivity contribution in [1.82, 2.24) is 0 Å². The molecule has 0 aliphatic heterocycles.